The van der Waals surface area contributed by atoms with Gasteiger partial charge in [-0.05, 0) is 41.5 Å². The summed E-state index contributed by atoms with van der Waals surface area (Å²) < 4.78 is 5.07. The lowest BCUT2D eigenvalue weighted by molar-refractivity contribution is 0.101. The van der Waals surface area contributed by atoms with Crippen LogP contribution in [0, 0.1) is 11.3 Å². The van der Waals surface area contributed by atoms with Crippen LogP contribution in [0.15, 0.2) is 108 Å². The van der Waals surface area contributed by atoms with E-state index in [0.717, 1.165) is 22.4 Å². The Kier molecular flexibility index (Phi) is 7.44. The number of aromatic nitrogens is 1. The molecule has 0 fully saturated rings. The van der Waals surface area contributed by atoms with Crippen molar-refractivity contribution in [2.45, 2.75) is 6.04 Å². The van der Waals surface area contributed by atoms with Crippen molar-refractivity contribution < 1.29 is 14.1 Å². The number of rotatable bonds is 8. The van der Waals surface area contributed by atoms with E-state index in [9.17, 15) is 14.9 Å². The SMILES string of the molecule is N#Cc1cc(NC(=O)c2conc2-c2ccccc2)ccc1NCCNC1c2ccccc2NC(=O)c2ccccc21. The third-order valence-electron chi connectivity index (χ3n) is 7.08. The van der Waals surface area contributed by atoms with Gasteiger partial charge < -0.3 is 25.8 Å². The molecule has 2 amide bonds. The molecule has 1 aliphatic heterocycles. The largest absolute Gasteiger partial charge is 0.383 e. The van der Waals surface area contributed by atoms with Gasteiger partial charge in [-0.15, -0.1) is 0 Å². The molecule has 1 aliphatic rings. The molecule has 1 aromatic heterocycles. The van der Waals surface area contributed by atoms with Crippen LogP contribution in [0.25, 0.3) is 11.3 Å². The summed E-state index contributed by atoms with van der Waals surface area (Å²) in [5, 5.41) is 26.5. The monoisotopic (exact) mass is 554 g/mol. The van der Waals surface area contributed by atoms with Crippen LogP contribution >= 0.6 is 0 Å². The van der Waals surface area contributed by atoms with Crippen LogP contribution in [-0.4, -0.2) is 30.1 Å². The normalized spacial score (nSPS) is 13.6. The quantitative estimate of drug-likeness (QED) is 0.178. The first-order chi connectivity index (χ1) is 20.6. The van der Waals surface area contributed by atoms with Gasteiger partial charge in [-0.2, -0.15) is 5.26 Å². The zero-order chi connectivity index (χ0) is 28.9. The minimum absolute atomic E-state index is 0.133. The Hall–Kier alpha value is -5.72. The van der Waals surface area contributed by atoms with Gasteiger partial charge in [-0.3, -0.25) is 9.59 Å². The Balaban J connectivity index is 1.12. The molecule has 1 atom stereocenters. The number of amides is 2. The first-order valence-electron chi connectivity index (χ1n) is 13.4. The van der Waals surface area contributed by atoms with Gasteiger partial charge in [0.05, 0.1) is 17.3 Å². The molecule has 42 heavy (non-hydrogen) atoms. The summed E-state index contributed by atoms with van der Waals surface area (Å²) in [5.41, 5.74) is 6.31. The van der Waals surface area contributed by atoms with Crippen LogP contribution in [0.1, 0.15) is 43.4 Å². The van der Waals surface area contributed by atoms with E-state index in [1.54, 1.807) is 18.2 Å². The highest BCUT2D eigenvalue weighted by molar-refractivity contribution is 6.08. The molecule has 4 N–H and O–H groups in total. The second kappa shape index (κ2) is 11.8. The number of hydrogen-bond donors (Lipinski definition) is 4. The molecule has 0 radical (unpaired) electrons. The number of fused-ring (bicyclic) bond motifs is 2. The maximum atomic E-state index is 13.0. The third kappa shape index (κ3) is 5.35. The highest BCUT2D eigenvalue weighted by Crippen LogP contribution is 2.34. The predicted molar refractivity (Wildman–Crippen MR) is 160 cm³/mol. The Labute approximate surface area is 242 Å². The van der Waals surface area contributed by atoms with Crippen LogP contribution in [0.3, 0.4) is 0 Å². The van der Waals surface area contributed by atoms with Gasteiger partial charge in [0.2, 0.25) is 0 Å². The van der Waals surface area contributed by atoms with Crippen molar-refractivity contribution in [3.63, 3.8) is 0 Å². The van der Waals surface area contributed by atoms with Crippen molar-refractivity contribution in [3.05, 3.63) is 131 Å². The summed E-state index contributed by atoms with van der Waals surface area (Å²) in [4.78, 5) is 25.8. The lowest BCUT2D eigenvalue weighted by Gasteiger charge is -2.21. The summed E-state index contributed by atoms with van der Waals surface area (Å²) in [5.74, 6) is -0.521. The van der Waals surface area contributed by atoms with Crippen molar-refractivity contribution in [1.82, 2.24) is 10.5 Å². The van der Waals surface area contributed by atoms with Gasteiger partial charge in [0.25, 0.3) is 11.8 Å². The van der Waals surface area contributed by atoms with Crippen molar-refractivity contribution in [2.75, 3.05) is 29.0 Å². The van der Waals surface area contributed by atoms with Gasteiger partial charge >= 0.3 is 0 Å². The maximum absolute atomic E-state index is 13.0. The minimum Gasteiger partial charge on any atom is -0.383 e. The number of para-hydroxylation sites is 1. The minimum atomic E-state index is -0.388. The van der Waals surface area contributed by atoms with Crippen LogP contribution in [0.4, 0.5) is 17.1 Å². The molecule has 9 heteroatoms. The molecule has 2 heterocycles. The third-order valence-corrected chi connectivity index (χ3v) is 7.08. The van der Waals surface area contributed by atoms with E-state index < -0.39 is 0 Å². The van der Waals surface area contributed by atoms with Gasteiger partial charge in [0.15, 0.2) is 0 Å². The molecule has 0 bridgehead atoms. The van der Waals surface area contributed by atoms with Gasteiger partial charge in [0, 0.05) is 35.6 Å². The molecule has 0 saturated carbocycles. The molecule has 9 nitrogen and oxygen atoms in total. The van der Waals surface area contributed by atoms with Crippen molar-refractivity contribution in [1.29, 1.82) is 5.26 Å². The van der Waals surface area contributed by atoms with Crippen LogP contribution in [-0.2, 0) is 0 Å². The fourth-order valence-corrected chi connectivity index (χ4v) is 5.08. The fraction of sp³-hybridized carbons (Fsp3) is 0.0909. The van der Waals surface area contributed by atoms with E-state index >= 15 is 0 Å². The molecule has 0 spiro atoms. The van der Waals surface area contributed by atoms with Crippen LogP contribution in [0.2, 0.25) is 0 Å². The molecular formula is C33H26N6O3. The van der Waals surface area contributed by atoms with Gasteiger partial charge in [-0.25, -0.2) is 0 Å². The average Bonchev–Trinajstić information content (AvgIpc) is 3.49. The molecule has 0 saturated heterocycles. The van der Waals surface area contributed by atoms with E-state index in [2.05, 4.69) is 32.5 Å². The zero-order valence-corrected chi connectivity index (χ0v) is 22.4. The fourth-order valence-electron chi connectivity index (χ4n) is 5.08. The van der Waals surface area contributed by atoms with E-state index in [0.29, 0.717) is 46.8 Å². The van der Waals surface area contributed by atoms with Gasteiger partial charge in [-0.1, -0.05) is 71.9 Å². The number of nitrogens with one attached hydrogen (secondary N) is 4. The van der Waals surface area contributed by atoms with E-state index in [-0.39, 0.29) is 17.9 Å². The number of hydrogen-bond acceptors (Lipinski definition) is 7. The lowest BCUT2D eigenvalue weighted by Crippen LogP contribution is -2.28. The number of nitriles is 1. The van der Waals surface area contributed by atoms with Crippen molar-refractivity contribution in [3.8, 4) is 17.3 Å². The average molecular weight is 555 g/mol. The Morgan fingerprint density at radius 2 is 1.69 bits per heavy atom. The molecule has 5 aromatic rings. The number of anilines is 3. The number of nitrogens with zero attached hydrogens (tertiary/aromatic N) is 2. The highest BCUT2D eigenvalue weighted by Gasteiger charge is 2.26. The number of benzene rings is 4. The molecular weight excluding hydrogens is 528 g/mol. The number of carbonyl (C=O) groups excluding carboxylic acids is 2. The summed E-state index contributed by atoms with van der Waals surface area (Å²) >= 11 is 0. The van der Waals surface area contributed by atoms with Gasteiger partial charge in [0.1, 0.15) is 23.6 Å². The topological polar surface area (TPSA) is 132 Å². The summed E-state index contributed by atoms with van der Waals surface area (Å²) in [6.07, 6.45) is 1.31. The Morgan fingerprint density at radius 1 is 0.929 bits per heavy atom. The summed E-state index contributed by atoms with van der Waals surface area (Å²) in [6.45, 7) is 1.07. The lowest BCUT2D eigenvalue weighted by atomic mass is 9.95. The second-order valence-electron chi connectivity index (χ2n) is 9.71. The standard InChI is InChI=1S/C33H26N6O3/c34-19-22-18-23(37-33(41)27-20-42-39-30(27)21-8-2-1-3-9-21)14-15-28(22)35-16-17-36-31-24-10-4-5-11-25(24)32(40)38-29-13-7-6-12-26(29)31/h1-15,18,20,31,35-36H,16-17H2,(H,37,41)(H,38,40). The predicted octanol–water partition coefficient (Wildman–Crippen LogP) is 5.82. The van der Waals surface area contributed by atoms with E-state index in [1.165, 1.54) is 6.26 Å². The Bertz CT molecular complexity index is 1810. The number of carbonyl (C=O) groups is 2. The van der Waals surface area contributed by atoms with Crippen molar-refractivity contribution in [2.24, 2.45) is 0 Å². The zero-order valence-electron chi connectivity index (χ0n) is 22.4. The first kappa shape index (κ1) is 26.5. The smallest absolute Gasteiger partial charge is 0.261 e. The van der Waals surface area contributed by atoms with E-state index in [1.807, 2.05) is 78.9 Å². The van der Waals surface area contributed by atoms with Crippen LogP contribution in [0.5, 0.6) is 0 Å². The molecule has 6 rings (SSSR count). The maximum Gasteiger partial charge on any atom is 0.261 e. The molecule has 4 aromatic carbocycles. The second-order valence-corrected chi connectivity index (χ2v) is 9.71. The Morgan fingerprint density at radius 3 is 2.52 bits per heavy atom. The first-order valence-corrected chi connectivity index (χ1v) is 13.4. The van der Waals surface area contributed by atoms with Crippen LogP contribution < -0.4 is 21.3 Å². The molecule has 206 valence electrons. The summed E-state index contributed by atoms with van der Waals surface area (Å²) in [6, 6.07) is 31.8. The molecule has 1 unspecified atom stereocenters. The van der Waals surface area contributed by atoms with Crippen molar-refractivity contribution >= 4 is 28.9 Å². The highest BCUT2D eigenvalue weighted by atomic mass is 16.5. The van der Waals surface area contributed by atoms with E-state index in [4.69, 9.17) is 4.52 Å². The molecule has 0 aliphatic carbocycles. The summed E-state index contributed by atoms with van der Waals surface area (Å²) in [7, 11) is 0.